The van der Waals surface area contributed by atoms with E-state index in [1.165, 1.54) is 23.2 Å². The van der Waals surface area contributed by atoms with Gasteiger partial charge >= 0.3 is 0 Å². The second-order valence-electron chi connectivity index (χ2n) is 7.92. The summed E-state index contributed by atoms with van der Waals surface area (Å²) in [6.45, 7) is 3.80. The second kappa shape index (κ2) is 5.42. The average Bonchev–Trinajstić information content (AvgIpc) is 3.27. The lowest BCUT2D eigenvalue weighted by molar-refractivity contribution is -0.233. The van der Waals surface area contributed by atoms with Crippen LogP contribution >= 0.6 is 0 Å². The van der Waals surface area contributed by atoms with E-state index in [2.05, 4.69) is 60.3 Å². The number of aryl methyl sites for hydroxylation is 2. The summed E-state index contributed by atoms with van der Waals surface area (Å²) < 4.78 is 14.5. The number of nitrogens with zero attached hydrogens (tertiary/aromatic N) is 2. The van der Waals surface area contributed by atoms with E-state index in [1.54, 1.807) is 0 Å². The molecular formula is C21H26N2O2. The van der Waals surface area contributed by atoms with Crippen LogP contribution < -0.4 is 0 Å². The number of hydrogen-bond acceptors (Lipinski definition) is 3. The molecule has 1 saturated heterocycles. The van der Waals surface area contributed by atoms with Crippen LogP contribution in [0.1, 0.15) is 43.0 Å². The normalized spacial score (nSPS) is 33.2. The molecule has 4 nitrogen and oxygen atoms in total. The predicted molar refractivity (Wildman–Crippen MR) is 95.3 cm³/mol. The van der Waals surface area contributed by atoms with E-state index in [4.69, 9.17) is 9.47 Å². The molecule has 1 aliphatic heterocycles. The van der Waals surface area contributed by atoms with Crippen molar-refractivity contribution in [1.29, 1.82) is 0 Å². The Morgan fingerprint density at radius 2 is 1.88 bits per heavy atom. The van der Waals surface area contributed by atoms with E-state index >= 15 is 0 Å². The lowest BCUT2D eigenvalue weighted by Gasteiger charge is -2.55. The van der Waals surface area contributed by atoms with Gasteiger partial charge in [0.1, 0.15) is 0 Å². The minimum Gasteiger partial charge on any atom is -0.347 e. The highest BCUT2D eigenvalue weighted by molar-refractivity contribution is 5.44. The predicted octanol–water partition coefficient (Wildman–Crippen LogP) is 3.44. The molecule has 2 fully saturated rings. The SMILES string of the molecule is C[C@H]1[C@@H]2CCc3cnn(C)c3[C@@]2(c2ccccc2)CCC12OCCO2. The van der Waals surface area contributed by atoms with Crippen molar-refractivity contribution in [2.45, 2.75) is 43.8 Å². The van der Waals surface area contributed by atoms with Crippen LogP contribution in [0.2, 0.25) is 0 Å². The van der Waals surface area contributed by atoms with Gasteiger partial charge in [0, 0.05) is 24.8 Å². The number of rotatable bonds is 1. The summed E-state index contributed by atoms with van der Waals surface area (Å²) in [6, 6.07) is 11.1. The van der Waals surface area contributed by atoms with E-state index in [0.29, 0.717) is 11.8 Å². The fourth-order valence-electron chi connectivity index (χ4n) is 5.97. The van der Waals surface area contributed by atoms with Crippen molar-refractivity contribution < 1.29 is 9.47 Å². The molecule has 1 saturated carbocycles. The van der Waals surface area contributed by atoms with Gasteiger partial charge in [0.2, 0.25) is 0 Å². The Balaban J connectivity index is 1.71. The highest BCUT2D eigenvalue weighted by atomic mass is 16.7. The van der Waals surface area contributed by atoms with Crippen LogP contribution in [0, 0.1) is 11.8 Å². The molecule has 132 valence electrons. The highest BCUT2D eigenvalue weighted by Crippen LogP contribution is 2.59. The van der Waals surface area contributed by atoms with Gasteiger partial charge in [0.25, 0.3) is 0 Å². The summed E-state index contributed by atoms with van der Waals surface area (Å²) in [6.07, 6.45) is 6.35. The summed E-state index contributed by atoms with van der Waals surface area (Å²) in [5.74, 6) is 0.496. The van der Waals surface area contributed by atoms with Gasteiger partial charge in [-0.25, -0.2) is 0 Å². The quantitative estimate of drug-likeness (QED) is 0.799. The van der Waals surface area contributed by atoms with Crippen molar-refractivity contribution in [1.82, 2.24) is 9.78 Å². The Labute approximate surface area is 149 Å². The molecule has 0 radical (unpaired) electrons. The first-order chi connectivity index (χ1) is 12.2. The van der Waals surface area contributed by atoms with E-state index in [1.807, 2.05) is 0 Å². The Morgan fingerprint density at radius 3 is 2.64 bits per heavy atom. The van der Waals surface area contributed by atoms with Crippen molar-refractivity contribution in [2.75, 3.05) is 13.2 Å². The monoisotopic (exact) mass is 338 g/mol. The molecule has 4 heteroatoms. The van der Waals surface area contributed by atoms with E-state index in [9.17, 15) is 0 Å². The zero-order valence-corrected chi connectivity index (χ0v) is 15.1. The second-order valence-corrected chi connectivity index (χ2v) is 7.92. The summed E-state index contributed by atoms with van der Waals surface area (Å²) >= 11 is 0. The summed E-state index contributed by atoms with van der Waals surface area (Å²) in [7, 11) is 2.10. The summed E-state index contributed by atoms with van der Waals surface area (Å²) in [4.78, 5) is 0. The zero-order chi connectivity index (χ0) is 17.1. The number of aromatic nitrogens is 2. The lowest BCUT2D eigenvalue weighted by atomic mass is 9.52. The number of fused-ring (bicyclic) bond motifs is 3. The summed E-state index contributed by atoms with van der Waals surface area (Å²) in [5.41, 5.74) is 4.26. The molecule has 0 bridgehead atoms. The molecule has 1 aromatic carbocycles. The van der Waals surface area contributed by atoms with Crippen molar-refractivity contribution in [3.05, 3.63) is 53.3 Å². The van der Waals surface area contributed by atoms with Gasteiger partial charge in [-0.15, -0.1) is 0 Å². The molecule has 2 aromatic rings. The molecule has 2 heterocycles. The molecule has 25 heavy (non-hydrogen) atoms. The molecule has 0 unspecified atom stereocenters. The van der Waals surface area contributed by atoms with E-state index in [0.717, 1.165) is 32.5 Å². The molecule has 1 aromatic heterocycles. The minimum absolute atomic E-state index is 0.0140. The van der Waals surface area contributed by atoms with Gasteiger partial charge in [0.05, 0.1) is 25.1 Å². The van der Waals surface area contributed by atoms with E-state index in [-0.39, 0.29) is 11.2 Å². The van der Waals surface area contributed by atoms with Crippen LogP contribution in [-0.2, 0) is 28.4 Å². The molecule has 5 rings (SSSR count). The first kappa shape index (κ1) is 15.6. The number of ether oxygens (including phenoxy) is 2. The Bertz CT molecular complexity index is 778. The minimum atomic E-state index is -0.376. The van der Waals surface area contributed by atoms with Gasteiger partial charge in [-0.1, -0.05) is 37.3 Å². The van der Waals surface area contributed by atoms with Crippen LogP contribution in [0.5, 0.6) is 0 Å². The van der Waals surface area contributed by atoms with Crippen LogP contribution in [0.15, 0.2) is 36.5 Å². The fraction of sp³-hybridized carbons (Fsp3) is 0.571. The Kier molecular flexibility index (Phi) is 3.38. The van der Waals surface area contributed by atoms with Crippen LogP contribution in [0.3, 0.4) is 0 Å². The zero-order valence-electron chi connectivity index (χ0n) is 15.1. The maximum absolute atomic E-state index is 6.18. The van der Waals surface area contributed by atoms with Gasteiger partial charge in [-0.05, 0) is 36.3 Å². The largest absolute Gasteiger partial charge is 0.347 e. The van der Waals surface area contributed by atoms with E-state index < -0.39 is 0 Å². The third-order valence-corrected chi connectivity index (χ3v) is 7.02. The van der Waals surface area contributed by atoms with Crippen molar-refractivity contribution in [3.63, 3.8) is 0 Å². The first-order valence-electron chi connectivity index (χ1n) is 9.52. The van der Waals surface area contributed by atoms with Gasteiger partial charge in [0.15, 0.2) is 5.79 Å². The van der Waals surface area contributed by atoms with Gasteiger partial charge in [-0.2, -0.15) is 5.10 Å². The topological polar surface area (TPSA) is 36.3 Å². The molecule has 2 aliphatic carbocycles. The molecule has 0 N–H and O–H groups in total. The third kappa shape index (κ3) is 1.98. The number of hydrogen-bond donors (Lipinski definition) is 0. The van der Waals surface area contributed by atoms with Crippen LogP contribution in [0.4, 0.5) is 0 Å². The van der Waals surface area contributed by atoms with Gasteiger partial charge < -0.3 is 9.47 Å². The Morgan fingerprint density at radius 1 is 1.12 bits per heavy atom. The maximum Gasteiger partial charge on any atom is 0.171 e. The van der Waals surface area contributed by atoms with Crippen molar-refractivity contribution in [2.24, 2.45) is 18.9 Å². The lowest BCUT2D eigenvalue weighted by Crippen LogP contribution is -2.57. The van der Waals surface area contributed by atoms with Crippen molar-refractivity contribution in [3.8, 4) is 0 Å². The third-order valence-electron chi connectivity index (χ3n) is 7.02. The maximum atomic E-state index is 6.18. The molecule has 3 atom stereocenters. The van der Waals surface area contributed by atoms with Gasteiger partial charge in [-0.3, -0.25) is 4.68 Å². The molecule has 3 aliphatic rings. The highest BCUT2D eigenvalue weighted by Gasteiger charge is 2.60. The molecule has 1 spiro atoms. The molecular weight excluding hydrogens is 312 g/mol. The standard InChI is InChI=1S/C21H26N2O2/c1-15-18-9-8-16-14-22-23(2)19(16)20(18,17-6-4-3-5-7-17)10-11-21(15)24-12-13-25-21/h3-7,14-15,18H,8-13H2,1-2H3/t15-,18-,20+/m0/s1. The smallest absolute Gasteiger partial charge is 0.171 e. The van der Waals surface area contributed by atoms with Crippen LogP contribution in [-0.4, -0.2) is 28.8 Å². The first-order valence-corrected chi connectivity index (χ1v) is 9.52. The Hall–Kier alpha value is -1.65. The van der Waals surface area contributed by atoms with Crippen molar-refractivity contribution >= 4 is 0 Å². The average molecular weight is 338 g/mol. The fourth-order valence-corrected chi connectivity index (χ4v) is 5.97. The molecule has 0 amide bonds. The summed E-state index contributed by atoms with van der Waals surface area (Å²) in [5, 5.41) is 4.63. The number of benzene rings is 1. The van der Waals surface area contributed by atoms with Crippen LogP contribution in [0.25, 0.3) is 0 Å².